The first kappa shape index (κ1) is 27.3. The molecule has 1 amide bonds. The molecular weight excluding hydrogens is 520 g/mol. The molecule has 0 fully saturated rings. The average molecular weight is 555 g/mol. The van der Waals surface area contributed by atoms with Crippen molar-refractivity contribution in [3.63, 3.8) is 0 Å². The number of aromatic nitrogens is 4. The Morgan fingerprint density at radius 1 is 0.905 bits per heavy atom. The van der Waals surface area contributed by atoms with Crippen molar-refractivity contribution < 1.29 is 4.79 Å². The zero-order valence-electron chi connectivity index (χ0n) is 24.4. The topological polar surface area (TPSA) is 83.9 Å². The van der Waals surface area contributed by atoms with Crippen molar-refractivity contribution in [1.82, 2.24) is 24.8 Å². The van der Waals surface area contributed by atoms with Crippen molar-refractivity contribution in [3.05, 3.63) is 113 Å². The predicted octanol–water partition coefficient (Wildman–Crippen LogP) is 6.79. The maximum Gasteiger partial charge on any atom is 0.254 e. The highest BCUT2D eigenvalue weighted by atomic mass is 16.2. The predicted molar refractivity (Wildman–Crippen MR) is 169 cm³/mol. The fourth-order valence-electron chi connectivity index (χ4n) is 5.19. The lowest BCUT2D eigenvalue weighted by Gasteiger charge is -2.29. The molecular formula is C35H34N6O. The summed E-state index contributed by atoms with van der Waals surface area (Å²) in [4.78, 5) is 34.3. The number of carbonyl (C=O) groups is 1. The molecule has 3 aromatic heterocycles. The number of fused-ring (bicyclic) bond motifs is 2. The Kier molecular flexibility index (Phi) is 7.25. The summed E-state index contributed by atoms with van der Waals surface area (Å²) in [6.45, 7) is 7.51. The SMILES string of the molecule is CNc1nc(-c2cnc3ccccc3c2)nc2c1CCN(C(=O)c1ccc(/C=C/c3ccc(C(C)(C)C)nc3)cc1)C2. The first-order valence-corrected chi connectivity index (χ1v) is 14.3. The molecule has 210 valence electrons. The summed E-state index contributed by atoms with van der Waals surface area (Å²) in [7, 11) is 1.87. The summed E-state index contributed by atoms with van der Waals surface area (Å²) >= 11 is 0. The Labute approximate surface area is 246 Å². The second kappa shape index (κ2) is 11.2. The van der Waals surface area contributed by atoms with E-state index in [1.165, 1.54) is 0 Å². The molecule has 1 aliphatic rings. The number of hydrogen-bond acceptors (Lipinski definition) is 6. The van der Waals surface area contributed by atoms with E-state index in [1.54, 1.807) is 0 Å². The molecule has 6 rings (SSSR count). The van der Waals surface area contributed by atoms with Gasteiger partial charge in [0.2, 0.25) is 0 Å². The van der Waals surface area contributed by atoms with Gasteiger partial charge in [-0.2, -0.15) is 0 Å². The first-order chi connectivity index (χ1) is 20.3. The van der Waals surface area contributed by atoms with Crippen molar-refractivity contribution in [1.29, 1.82) is 0 Å². The Bertz CT molecular complexity index is 1790. The molecule has 0 unspecified atom stereocenters. The largest absolute Gasteiger partial charge is 0.373 e. The third-order valence-corrected chi connectivity index (χ3v) is 7.62. The zero-order valence-corrected chi connectivity index (χ0v) is 24.4. The van der Waals surface area contributed by atoms with E-state index in [0.29, 0.717) is 30.9 Å². The lowest BCUT2D eigenvalue weighted by atomic mass is 9.91. The van der Waals surface area contributed by atoms with Crippen molar-refractivity contribution in [2.45, 2.75) is 39.2 Å². The quantitative estimate of drug-likeness (QED) is 0.257. The number of hydrogen-bond donors (Lipinski definition) is 1. The van der Waals surface area contributed by atoms with Gasteiger partial charge in [-0.05, 0) is 47.9 Å². The lowest BCUT2D eigenvalue weighted by molar-refractivity contribution is 0.0732. The number of para-hydroxylation sites is 1. The minimum absolute atomic E-state index is 0.00306. The standard InChI is InChI=1S/C35H34N6O/c1-35(2,3)31-16-13-24(20-38-31)10-9-23-11-14-25(15-12-23)34(42)41-18-17-28-30(22-41)39-32(40-33(28)36-4)27-19-26-7-5-6-8-29(26)37-21-27/h5-16,19-21H,17-18,22H2,1-4H3,(H,36,39,40)/b10-9+. The van der Waals surface area contributed by atoms with Crippen LogP contribution in [0.1, 0.15) is 59.2 Å². The van der Waals surface area contributed by atoms with Crippen LogP contribution in [0.4, 0.5) is 5.82 Å². The van der Waals surface area contributed by atoms with Gasteiger partial charge in [0, 0.05) is 59.2 Å². The van der Waals surface area contributed by atoms with Gasteiger partial charge in [0.15, 0.2) is 5.82 Å². The molecule has 7 heteroatoms. The summed E-state index contributed by atoms with van der Waals surface area (Å²) in [5, 5.41) is 4.27. The summed E-state index contributed by atoms with van der Waals surface area (Å²) in [5.74, 6) is 1.40. The van der Waals surface area contributed by atoms with Gasteiger partial charge in [-0.15, -0.1) is 0 Å². The second-order valence-electron chi connectivity index (χ2n) is 11.6. The molecule has 0 saturated carbocycles. The van der Waals surface area contributed by atoms with Gasteiger partial charge in [0.05, 0.1) is 17.8 Å². The zero-order chi connectivity index (χ0) is 29.3. The molecule has 0 aliphatic carbocycles. The van der Waals surface area contributed by atoms with Gasteiger partial charge in [-0.25, -0.2) is 9.97 Å². The molecule has 0 bridgehead atoms. The number of pyridine rings is 2. The van der Waals surface area contributed by atoms with Crippen molar-refractivity contribution in [2.75, 3.05) is 18.9 Å². The van der Waals surface area contributed by atoms with Crippen LogP contribution in [-0.4, -0.2) is 44.3 Å². The molecule has 0 radical (unpaired) electrons. The minimum Gasteiger partial charge on any atom is -0.373 e. The first-order valence-electron chi connectivity index (χ1n) is 14.3. The van der Waals surface area contributed by atoms with E-state index in [2.05, 4.69) is 54.3 Å². The molecule has 4 heterocycles. The molecule has 0 atom stereocenters. The summed E-state index contributed by atoms with van der Waals surface area (Å²) < 4.78 is 0. The Balaban J connectivity index is 1.18. The Morgan fingerprint density at radius 2 is 1.67 bits per heavy atom. The molecule has 1 N–H and O–H groups in total. The molecule has 5 aromatic rings. The van der Waals surface area contributed by atoms with Gasteiger partial charge >= 0.3 is 0 Å². The van der Waals surface area contributed by atoms with Gasteiger partial charge in [-0.3, -0.25) is 14.8 Å². The normalized spacial score (nSPS) is 13.4. The molecule has 0 spiro atoms. The van der Waals surface area contributed by atoms with Crippen LogP contribution in [0.15, 0.2) is 79.1 Å². The Morgan fingerprint density at radius 3 is 2.40 bits per heavy atom. The van der Waals surface area contributed by atoms with Crippen LogP contribution in [-0.2, 0) is 18.4 Å². The fraction of sp³-hybridized carbons (Fsp3) is 0.229. The molecule has 42 heavy (non-hydrogen) atoms. The van der Waals surface area contributed by atoms with E-state index in [4.69, 9.17) is 9.97 Å². The fourth-order valence-corrected chi connectivity index (χ4v) is 5.19. The molecule has 2 aromatic carbocycles. The van der Waals surface area contributed by atoms with E-state index >= 15 is 0 Å². The highest BCUT2D eigenvalue weighted by Gasteiger charge is 2.26. The van der Waals surface area contributed by atoms with Crippen LogP contribution in [0, 0.1) is 0 Å². The van der Waals surface area contributed by atoms with Crippen LogP contribution < -0.4 is 5.32 Å². The summed E-state index contributed by atoms with van der Waals surface area (Å²) in [6, 6.07) is 21.9. The third-order valence-electron chi connectivity index (χ3n) is 7.62. The highest BCUT2D eigenvalue weighted by molar-refractivity contribution is 5.94. The van der Waals surface area contributed by atoms with Gasteiger partial charge in [-0.1, -0.05) is 69.3 Å². The van der Waals surface area contributed by atoms with Gasteiger partial charge in [0.1, 0.15) is 5.82 Å². The minimum atomic E-state index is -0.00306. The van der Waals surface area contributed by atoms with Crippen molar-refractivity contribution in [2.24, 2.45) is 0 Å². The monoisotopic (exact) mass is 554 g/mol. The number of carbonyl (C=O) groups excluding carboxylic acids is 1. The van der Waals surface area contributed by atoms with Crippen LogP contribution >= 0.6 is 0 Å². The smallest absolute Gasteiger partial charge is 0.254 e. The van der Waals surface area contributed by atoms with Gasteiger partial charge < -0.3 is 10.2 Å². The van der Waals surface area contributed by atoms with E-state index < -0.39 is 0 Å². The van der Waals surface area contributed by atoms with Gasteiger partial charge in [0.25, 0.3) is 5.91 Å². The van der Waals surface area contributed by atoms with Crippen LogP contribution in [0.3, 0.4) is 0 Å². The molecule has 1 aliphatic heterocycles. The average Bonchev–Trinajstić information content (AvgIpc) is 3.02. The third kappa shape index (κ3) is 5.63. The number of benzene rings is 2. The van der Waals surface area contributed by atoms with E-state index in [1.807, 2.05) is 85.0 Å². The maximum atomic E-state index is 13.5. The van der Waals surface area contributed by atoms with E-state index in [-0.39, 0.29) is 11.3 Å². The summed E-state index contributed by atoms with van der Waals surface area (Å²) in [6.07, 6.45) is 8.48. The summed E-state index contributed by atoms with van der Waals surface area (Å²) in [5.41, 5.74) is 7.52. The van der Waals surface area contributed by atoms with Crippen LogP contribution in [0.5, 0.6) is 0 Å². The molecule has 0 saturated heterocycles. The van der Waals surface area contributed by atoms with Crippen molar-refractivity contribution in [3.8, 4) is 11.4 Å². The van der Waals surface area contributed by atoms with E-state index in [9.17, 15) is 4.79 Å². The number of nitrogens with zero attached hydrogens (tertiary/aromatic N) is 5. The highest BCUT2D eigenvalue weighted by Crippen LogP contribution is 2.29. The van der Waals surface area contributed by atoms with Crippen LogP contribution in [0.2, 0.25) is 0 Å². The van der Waals surface area contributed by atoms with E-state index in [0.717, 1.165) is 50.4 Å². The number of amides is 1. The Hall–Kier alpha value is -4.91. The maximum absolute atomic E-state index is 13.5. The molecule has 7 nitrogen and oxygen atoms in total. The second-order valence-corrected chi connectivity index (χ2v) is 11.6. The van der Waals surface area contributed by atoms with Crippen molar-refractivity contribution >= 4 is 34.8 Å². The number of nitrogens with one attached hydrogen (secondary N) is 1. The van der Waals surface area contributed by atoms with Crippen LogP contribution in [0.25, 0.3) is 34.4 Å². The lowest BCUT2D eigenvalue weighted by Crippen LogP contribution is -2.37. The number of anilines is 1. The number of rotatable bonds is 5.